The van der Waals surface area contributed by atoms with Crippen molar-refractivity contribution in [3.8, 4) is 5.82 Å². The van der Waals surface area contributed by atoms with Crippen LogP contribution in [0.25, 0.3) is 16.9 Å². The van der Waals surface area contributed by atoms with E-state index < -0.39 is 17.6 Å². The largest absolute Gasteiger partial charge is 0.417 e. The Morgan fingerprint density at radius 2 is 1.91 bits per heavy atom. The van der Waals surface area contributed by atoms with E-state index in [1.54, 1.807) is 29.8 Å². The number of halogens is 4. The third-order valence-corrected chi connectivity index (χ3v) is 5.19. The van der Waals surface area contributed by atoms with Crippen molar-refractivity contribution in [2.45, 2.75) is 25.9 Å². The van der Waals surface area contributed by atoms with Crippen molar-refractivity contribution in [1.29, 1.82) is 0 Å². The zero-order valence-electron chi connectivity index (χ0n) is 17.3. The summed E-state index contributed by atoms with van der Waals surface area (Å²) in [7, 11) is 1.76. The van der Waals surface area contributed by atoms with Crippen LogP contribution in [0.2, 0.25) is 5.02 Å². The number of benzene rings is 1. The fourth-order valence-corrected chi connectivity index (χ4v) is 3.57. The predicted octanol–water partition coefficient (Wildman–Crippen LogP) is 5.20. The lowest BCUT2D eigenvalue weighted by Crippen LogP contribution is -2.18. The van der Waals surface area contributed by atoms with E-state index in [2.05, 4.69) is 20.4 Å². The maximum atomic E-state index is 13.1. The topological polar surface area (TPSA) is 77.6 Å². The highest BCUT2D eigenvalue weighted by molar-refractivity contribution is 6.31. The average Bonchev–Trinajstić information content (AvgIpc) is 3.29. The summed E-state index contributed by atoms with van der Waals surface area (Å²) in [6, 6.07) is 7.38. The lowest BCUT2D eigenvalue weighted by Gasteiger charge is -2.13. The second-order valence-electron chi connectivity index (χ2n) is 7.49. The quantitative estimate of drug-likeness (QED) is 0.452. The van der Waals surface area contributed by atoms with E-state index in [1.807, 2.05) is 13.8 Å². The van der Waals surface area contributed by atoms with Gasteiger partial charge in [0, 0.05) is 18.3 Å². The average molecular weight is 463 g/mol. The Morgan fingerprint density at radius 3 is 2.53 bits per heavy atom. The molecule has 0 fully saturated rings. The number of hydrogen-bond donors (Lipinski definition) is 1. The molecule has 32 heavy (non-hydrogen) atoms. The number of nitrogens with zero attached hydrogens (tertiary/aromatic N) is 5. The van der Waals surface area contributed by atoms with Gasteiger partial charge >= 0.3 is 6.18 Å². The second-order valence-corrected chi connectivity index (χ2v) is 7.93. The summed E-state index contributed by atoms with van der Waals surface area (Å²) in [4.78, 5) is 21.3. The molecule has 0 aliphatic carbocycles. The van der Waals surface area contributed by atoms with Gasteiger partial charge in [-0.25, -0.2) is 14.6 Å². The molecule has 0 saturated carbocycles. The Bertz CT molecular complexity index is 1310. The highest BCUT2D eigenvalue weighted by Gasteiger charge is 2.31. The maximum absolute atomic E-state index is 13.1. The molecule has 3 heterocycles. The number of carbonyl (C=O) groups excluding carboxylic acids is 1. The van der Waals surface area contributed by atoms with E-state index >= 15 is 0 Å². The Labute approximate surface area is 185 Å². The van der Waals surface area contributed by atoms with Crippen molar-refractivity contribution in [3.05, 3.63) is 64.6 Å². The van der Waals surface area contributed by atoms with Gasteiger partial charge in [-0.1, -0.05) is 25.4 Å². The van der Waals surface area contributed by atoms with Crippen LogP contribution in [0.4, 0.5) is 19.1 Å². The molecule has 4 rings (SSSR count). The Kier molecular flexibility index (Phi) is 5.41. The van der Waals surface area contributed by atoms with Gasteiger partial charge in [-0.15, -0.1) is 0 Å². The van der Waals surface area contributed by atoms with Gasteiger partial charge in [0.1, 0.15) is 0 Å². The number of aryl methyl sites for hydroxylation is 1. The number of nitrogens with one attached hydrogen (secondary N) is 1. The maximum Gasteiger partial charge on any atom is 0.417 e. The molecule has 1 N–H and O–H groups in total. The minimum absolute atomic E-state index is 0.165. The smallest absolute Gasteiger partial charge is 0.313 e. The summed E-state index contributed by atoms with van der Waals surface area (Å²) >= 11 is 6.02. The van der Waals surface area contributed by atoms with Crippen molar-refractivity contribution in [3.63, 3.8) is 0 Å². The van der Waals surface area contributed by atoms with E-state index in [9.17, 15) is 18.0 Å². The molecule has 0 radical (unpaired) electrons. The summed E-state index contributed by atoms with van der Waals surface area (Å²) in [5.74, 6) is -0.113. The summed E-state index contributed by atoms with van der Waals surface area (Å²) in [5, 5.41) is 7.51. The first-order valence-electron chi connectivity index (χ1n) is 9.61. The van der Waals surface area contributed by atoms with Crippen LogP contribution < -0.4 is 5.32 Å². The summed E-state index contributed by atoms with van der Waals surface area (Å²) in [6.07, 6.45) is -2.38. The van der Waals surface area contributed by atoms with E-state index in [1.165, 1.54) is 16.9 Å². The number of aromatic nitrogens is 5. The standard InChI is InChI=1S/C21H18ClF3N6O/c1-11(2)18-14(10-27-31(18)17-7-4-12(9-26-17)21(23,24)25)19(32)29-20-28-15-8-13(22)5-6-16(15)30(20)3/h4-11H,1-3H3,(H,28,29,32). The van der Waals surface area contributed by atoms with Crippen LogP contribution >= 0.6 is 11.6 Å². The molecule has 4 aromatic rings. The number of carbonyl (C=O) groups is 1. The molecule has 0 unspecified atom stereocenters. The van der Waals surface area contributed by atoms with Gasteiger partial charge in [0.25, 0.3) is 5.91 Å². The molecule has 7 nitrogen and oxygen atoms in total. The number of rotatable bonds is 4. The molecule has 0 atom stereocenters. The minimum Gasteiger partial charge on any atom is -0.313 e. The van der Waals surface area contributed by atoms with Gasteiger partial charge in [0.05, 0.1) is 34.1 Å². The van der Waals surface area contributed by atoms with Gasteiger partial charge in [-0.05, 0) is 36.2 Å². The molecule has 3 aromatic heterocycles. The van der Waals surface area contributed by atoms with E-state index in [0.29, 0.717) is 22.2 Å². The molecular formula is C21H18ClF3N6O. The van der Waals surface area contributed by atoms with E-state index in [4.69, 9.17) is 11.6 Å². The number of fused-ring (bicyclic) bond motifs is 1. The zero-order chi connectivity index (χ0) is 23.2. The summed E-state index contributed by atoms with van der Waals surface area (Å²) in [5.41, 5.74) is 1.34. The molecule has 0 aliphatic rings. The third-order valence-electron chi connectivity index (χ3n) is 4.96. The van der Waals surface area contributed by atoms with Crippen LogP contribution in [0.3, 0.4) is 0 Å². The van der Waals surface area contributed by atoms with Crippen molar-refractivity contribution < 1.29 is 18.0 Å². The molecule has 11 heteroatoms. The van der Waals surface area contributed by atoms with E-state index in [-0.39, 0.29) is 17.3 Å². The number of alkyl halides is 3. The lowest BCUT2D eigenvalue weighted by atomic mass is 10.1. The molecule has 0 bridgehead atoms. The highest BCUT2D eigenvalue weighted by atomic mass is 35.5. The van der Waals surface area contributed by atoms with Crippen LogP contribution in [0.1, 0.15) is 41.4 Å². The van der Waals surface area contributed by atoms with Gasteiger partial charge in [0.2, 0.25) is 5.95 Å². The Balaban J connectivity index is 1.68. The van der Waals surface area contributed by atoms with Crippen molar-refractivity contribution >= 4 is 34.5 Å². The molecule has 166 valence electrons. The number of pyridine rings is 1. The molecule has 1 aromatic carbocycles. The number of amides is 1. The number of anilines is 1. The first-order chi connectivity index (χ1) is 15.1. The molecule has 0 spiro atoms. The molecular weight excluding hydrogens is 445 g/mol. The van der Waals surface area contributed by atoms with Gasteiger partial charge < -0.3 is 4.57 Å². The SMILES string of the molecule is CC(C)c1c(C(=O)Nc2nc3cc(Cl)ccc3n2C)cnn1-c1ccc(C(F)(F)F)cn1. The normalized spacial score (nSPS) is 12.0. The summed E-state index contributed by atoms with van der Waals surface area (Å²) < 4.78 is 41.6. The molecule has 0 aliphatic heterocycles. The van der Waals surface area contributed by atoms with Crippen LogP contribution in [-0.2, 0) is 13.2 Å². The third kappa shape index (κ3) is 3.93. The zero-order valence-corrected chi connectivity index (χ0v) is 18.0. The first-order valence-corrected chi connectivity index (χ1v) is 9.99. The van der Waals surface area contributed by atoms with Crippen LogP contribution in [0.5, 0.6) is 0 Å². The molecule has 1 amide bonds. The first kappa shape index (κ1) is 21.8. The van der Waals surface area contributed by atoms with Crippen LogP contribution in [0, 0.1) is 0 Å². The molecule has 0 saturated heterocycles. The summed E-state index contributed by atoms with van der Waals surface area (Å²) in [6.45, 7) is 3.71. The fourth-order valence-electron chi connectivity index (χ4n) is 3.40. The van der Waals surface area contributed by atoms with Crippen LogP contribution in [-0.4, -0.2) is 30.2 Å². The Hall–Kier alpha value is -3.40. The van der Waals surface area contributed by atoms with Gasteiger partial charge in [0.15, 0.2) is 5.82 Å². The highest BCUT2D eigenvalue weighted by Crippen LogP contribution is 2.30. The van der Waals surface area contributed by atoms with E-state index in [0.717, 1.165) is 17.8 Å². The Morgan fingerprint density at radius 1 is 1.16 bits per heavy atom. The fraction of sp³-hybridized carbons (Fsp3) is 0.238. The van der Waals surface area contributed by atoms with Crippen molar-refractivity contribution in [1.82, 2.24) is 24.3 Å². The van der Waals surface area contributed by atoms with Gasteiger partial charge in [-0.2, -0.15) is 18.3 Å². The predicted molar refractivity (Wildman–Crippen MR) is 114 cm³/mol. The minimum atomic E-state index is -4.49. The van der Waals surface area contributed by atoms with Crippen molar-refractivity contribution in [2.24, 2.45) is 7.05 Å². The number of hydrogen-bond acceptors (Lipinski definition) is 4. The number of imidazole rings is 1. The van der Waals surface area contributed by atoms with Crippen LogP contribution in [0.15, 0.2) is 42.7 Å². The van der Waals surface area contributed by atoms with Gasteiger partial charge in [-0.3, -0.25) is 10.1 Å². The lowest BCUT2D eigenvalue weighted by molar-refractivity contribution is -0.137. The monoisotopic (exact) mass is 462 g/mol. The van der Waals surface area contributed by atoms with Crippen molar-refractivity contribution in [2.75, 3.05) is 5.32 Å². The second kappa shape index (κ2) is 7.94.